The van der Waals surface area contributed by atoms with Gasteiger partial charge in [0.15, 0.2) is 0 Å². The van der Waals surface area contributed by atoms with Crippen molar-refractivity contribution < 1.29 is 0 Å². The molecular weight excluding hydrogens is 206 g/mol. The molecule has 0 aromatic carbocycles. The second kappa shape index (κ2) is 6.78. The van der Waals surface area contributed by atoms with Crippen LogP contribution in [0.2, 0.25) is 0 Å². The van der Waals surface area contributed by atoms with Crippen LogP contribution in [-0.4, -0.2) is 25.0 Å². The Morgan fingerprint density at radius 2 is 1.88 bits per heavy atom. The van der Waals surface area contributed by atoms with E-state index in [0.29, 0.717) is 0 Å². The van der Waals surface area contributed by atoms with Crippen LogP contribution in [0, 0.1) is 17.3 Å². The molecule has 1 unspecified atom stereocenters. The van der Waals surface area contributed by atoms with E-state index in [9.17, 15) is 0 Å². The molecule has 17 heavy (non-hydrogen) atoms. The van der Waals surface area contributed by atoms with Gasteiger partial charge in [-0.2, -0.15) is 0 Å². The van der Waals surface area contributed by atoms with Gasteiger partial charge in [0, 0.05) is 6.54 Å². The maximum absolute atomic E-state index is 2.53. The van der Waals surface area contributed by atoms with Gasteiger partial charge in [-0.15, -0.1) is 0 Å². The lowest BCUT2D eigenvalue weighted by molar-refractivity contribution is 0.171. The van der Waals surface area contributed by atoms with Crippen molar-refractivity contribution in [2.75, 3.05) is 20.1 Å². The van der Waals surface area contributed by atoms with Gasteiger partial charge in [-0.25, -0.2) is 0 Å². The maximum atomic E-state index is 2.53. The monoisotopic (exact) mass is 239 g/mol. The summed E-state index contributed by atoms with van der Waals surface area (Å²) in [6, 6.07) is 0. The zero-order valence-corrected chi connectivity index (χ0v) is 12.8. The van der Waals surface area contributed by atoms with Crippen molar-refractivity contribution in [1.82, 2.24) is 4.90 Å². The zero-order valence-electron chi connectivity index (χ0n) is 12.8. The average molecular weight is 239 g/mol. The normalized spacial score (nSPS) is 27.5. The van der Waals surface area contributed by atoms with E-state index in [0.717, 1.165) is 17.3 Å². The third kappa shape index (κ3) is 4.99. The summed E-state index contributed by atoms with van der Waals surface area (Å²) in [5.41, 5.74) is 0.789. The van der Waals surface area contributed by atoms with Crippen molar-refractivity contribution in [2.24, 2.45) is 17.3 Å². The van der Waals surface area contributed by atoms with Crippen molar-refractivity contribution >= 4 is 0 Å². The molecule has 1 saturated heterocycles. The second-order valence-electron chi connectivity index (χ2n) is 6.57. The molecule has 1 heterocycles. The summed E-state index contributed by atoms with van der Waals surface area (Å²) in [5, 5.41) is 0. The van der Waals surface area contributed by atoms with Gasteiger partial charge >= 0.3 is 0 Å². The lowest BCUT2D eigenvalue weighted by Crippen LogP contribution is -2.33. The van der Waals surface area contributed by atoms with Crippen molar-refractivity contribution in [3.8, 4) is 0 Å². The van der Waals surface area contributed by atoms with E-state index < -0.39 is 0 Å². The fourth-order valence-electron chi connectivity index (χ4n) is 3.59. The molecule has 0 bridgehead atoms. The van der Waals surface area contributed by atoms with E-state index in [2.05, 4.69) is 25.8 Å². The van der Waals surface area contributed by atoms with E-state index in [1.54, 1.807) is 0 Å². The average Bonchev–Trinajstić information content (AvgIpc) is 2.99. The summed E-state index contributed by atoms with van der Waals surface area (Å²) in [4.78, 5) is 2.53. The SMILES string of the molecule is CC.CC(C)CC1(CC2CCCN(C)C2)CC1. The summed E-state index contributed by atoms with van der Waals surface area (Å²) in [6.07, 6.45) is 8.96. The number of likely N-dealkylation sites (tertiary alicyclic amines) is 1. The Bertz CT molecular complexity index is 206. The van der Waals surface area contributed by atoms with Gasteiger partial charge in [-0.05, 0) is 69.4 Å². The minimum absolute atomic E-state index is 0.789. The van der Waals surface area contributed by atoms with Crippen LogP contribution in [0.3, 0.4) is 0 Å². The minimum Gasteiger partial charge on any atom is -0.306 e. The Hall–Kier alpha value is -0.0400. The van der Waals surface area contributed by atoms with Crippen LogP contribution in [0.5, 0.6) is 0 Å². The molecule has 1 atom stereocenters. The van der Waals surface area contributed by atoms with Gasteiger partial charge in [-0.3, -0.25) is 0 Å². The third-order valence-corrected chi connectivity index (χ3v) is 4.24. The Balaban J connectivity index is 0.000000686. The highest BCUT2D eigenvalue weighted by atomic mass is 15.1. The summed E-state index contributed by atoms with van der Waals surface area (Å²) in [5.74, 6) is 1.90. The standard InChI is InChI=1S/C14H27N.C2H6/c1-12(2)9-14(6-7-14)10-13-5-4-8-15(3)11-13;1-2/h12-13H,4-11H2,1-3H3;1-2H3. The maximum Gasteiger partial charge on any atom is 0.000682 e. The second-order valence-corrected chi connectivity index (χ2v) is 6.57. The minimum atomic E-state index is 0.789. The van der Waals surface area contributed by atoms with E-state index in [4.69, 9.17) is 0 Å². The quantitative estimate of drug-likeness (QED) is 0.694. The number of rotatable bonds is 4. The molecule has 0 spiro atoms. The van der Waals surface area contributed by atoms with Crippen LogP contribution in [0.1, 0.15) is 66.2 Å². The van der Waals surface area contributed by atoms with E-state index in [1.165, 1.54) is 51.6 Å². The summed E-state index contributed by atoms with van der Waals surface area (Å²) >= 11 is 0. The fourth-order valence-corrected chi connectivity index (χ4v) is 3.59. The molecule has 0 aromatic rings. The third-order valence-electron chi connectivity index (χ3n) is 4.24. The molecule has 2 rings (SSSR count). The summed E-state index contributed by atoms with van der Waals surface area (Å²) in [6.45, 7) is 11.5. The zero-order chi connectivity index (χ0) is 12.9. The largest absolute Gasteiger partial charge is 0.306 e. The summed E-state index contributed by atoms with van der Waals surface area (Å²) in [7, 11) is 2.29. The predicted octanol–water partition coefficient (Wildman–Crippen LogP) is 4.57. The van der Waals surface area contributed by atoms with Gasteiger partial charge in [0.25, 0.3) is 0 Å². The van der Waals surface area contributed by atoms with Crippen LogP contribution in [0.25, 0.3) is 0 Å². The van der Waals surface area contributed by atoms with E-state index in [-0.39, 0.29) is 0 Å². The Morgan fingerprint density at radius 1 is 1.24 bits per heavy atom. The highest BCUT2D eigenvalue weighted by Crippen LogP contribution is 2.55. The van der Waals surface area contributed by atoms with Crippen LogP contribution >= 0.6 is 0 Å². The molecule has 102 valence electrons. The van der Waals surface area contributed by atoms with Crippen LogP contribution in [-0.2, 0) is 0 Å². The molecular formula is C16H33N. The Morgan fingerprint density at radius 3 is 2.35 bits per heavy atom. The Labute approximate surface area is 109 Å². The molecule has 1 heteroatoms. The molecule has 1 aliphatic heterocycles. The fraction of sp³-hybridized carbons (Fsp3) is 1.00. The first-order valence-corrected chi connectivity index (χ1v) is 7.78. The molecule has 2 aliphatic rings. The van der Waals surface area contributed by atoms with Crippen LogP contribution in [0.15, 0.2) is 0 Å². The number of piperidine rings is 1. The van der Waals surface area contributed by atoms with E-state index >= 15 is 0 Å². The van der Waals surface area contributed by atoms with Gasteiger partial charge in [0.05, 0.1) is 0 Å². The number of hydrogen-bond acceptors (Lipinski definition) is 1. The molecule has 0 radical (unpaired) electrons. The topological polar surface area (TPSA) is 3.24 Å². The highest BCUT2D eigenvalue weighted by molar-refractivity contribution is 4.95. The van der Waals surface area contributed by atoms with Crippen molar-refractivity contribution in [2.45, 2.75) is 66.2 Å². The van der Waals surface area contributed by atoms with Crippen molar-refractivity contribution in [3.05, 3.63) is 0 Å². The molecule has 0 aromatic heterocycles. The van der Waals surface area contributed by atoms with Gasteiger partial charge < -0.3 is 4.90 Å². The summed E-state index contributed by atoms with van der Waals surface area (Å²) < 4.78 is 0. The lowest BCUT2D eigenvalue weighted by atomic mass is 9.82. The first kappa shape index (κ1) is 15.0. The Kier molecular flexibility index (Phi) is 5.99. The predicted molar refractivity (Wildman–Crippen MR) is 77.3 cm³/mol. The molecule has 1 saturated carbocycles. The van der Waals surface area contributed by atoms with Crippen molar-refractivity contribution in [1.29, 1.82) is 0 Å². The number of hydrogen-bond donors (Lipinski definition) is 0. The van der Waals surface area contributed by atoms with Gasteiger partial charge in [0.2, 0.25) is 0 Å². The van der Waals surface area contributed by atoms with Crippen LogP contribution < -0.4 is 0 Å². The molecule has 1 nitrogen and oxygen atoms in total. The molecule has 1 aliphatic carbocycles. The van der Waals surface area contributed by atoms with Gasteiger partial charge in [0.1, 0.15) is 0 Å². The van der Waals surface area contributed by atoms with E-state index in [1.807, 2.05) is 13.8 Å². The molecule has 0 N–H and O–H groups in total. The molecule has 0 amide bonds. The smallest absolute Gasteiger partial charge is 0.000682 e. The van der Waals surface area contributed by atoms with Crippen LogP contribution in [0.4, 0.5) is 0 Å². The number of nitrogens with zero attached hydrogens (tertiary/aromatic N) is 1. The van der Waals surface area contributed by atoms with Gasteiger partial charge in [-0.1, -0.05) is 27.7 Å². The first-order chi connectivity index (χ1) is 8.10. The lowest BCUT2D eigenvalue weighted by Gasteiger charge is -2.32. The van der Waals surface area contributed by atoms with Crippen molar-refractivity contribution in [3.63, 3.8) is 0 Å². The highest BCUT2D eigenvalue weighted by Gasteiger charge is 2.44. The first-order valence-electron chi connectivity index (χ1n) is 7.78. The molecule has 2 fully saturated rings.